The maximum atomic E-state index is 12.8. The van der Waals surface area contributed by atoms with Gasteiger partial charge in [-0.15, -0.1) is 16.4 Å². The van der Waals surface area contributed by atoms with E-state index in [4.69, 9.17) is 0 Å². The highest BCUT2D eigenvalue weighted by Gasteiger charge is 2.30. The first-order chi connectivity index (χ1) is 12.0. The van der Waals surface area contributed by atoms with Crippen LogP contribution < -0.4 is 5.32 Å². The van der Waals surface area contributed by atoms with Gasteiger partial charge in [0, 0.05) is 10.4 Å². The van der Waals surface area contributed by atoms with Gasteiger partial charge in [-0.3, -0.25) is 0 Å². The molecular formula is C16H11F3N4S2. The minimum absolute atomic E-state index is 0.417. The molecule has 3 aromatic heterocycles. The second kappa shape index (κ2) is 6.16. The summed E-state index contributed by atoms with van der Waals surface area (Å²) in [6.45, 7) is 0.675. The van der Waals surface area contributed by atoms with Crippen molar-refractivity contribution in [3.05, 3.63) is 58.4 Å². The predicted octanol–water partition coefficient (Wildman–Crippen LogP) is 5.15. The van der Waals surface area contributed by atoms with Crippen LogP contribution in [-0.2, 0) is 12.7 Å². The smallest absolute Gasteiger partial charge is 0.355 e. The third-order valence-corrected chi connectivity index (χ3v) is 5.28. The first-order valence-corrected chi connectivity index (χ1v) is 8.99. The number of alkyl halides is 3. The molecule has 0 unspecified atom stereocenters. The summed E-state index contributed by atoms with van der Waals surface area (Å²) in [5, 5.41) is 10.3. The van der Waals surface area contributed by atoms with Crippen LogP contribution in [-0.4, -0.2) is 14.6 Å². The van der Waals surface area contributed by atoms with Gasteiger partial charge in [0.25, 0.3) is 0 Å². The van der Waals surface area contributed by atoms with Gasteiger partial charge in [-0.1, -0.05) is 29.5 Å². The van der Waals surface area contributed by atoms with Crippen molar-refractivity contribution in [3.63, 3.8) is 0 Å². The van der Waals surface area contributed by atoms with Crippen LogP contribution in [0.25, 0.3) is 16.2 Å². The van der Waals surface area contributed by atoms with Crippen molar-refractivity contribution < 1.29 is 13.2 Å². The lowest BCUT2D eigenvalue weighted by Crippen LogP contribution is -2.04. The quantitative estimate of drug-likeness (QED) is 0.532. The highest BCUT2D eigenvalue weighted by molar-refractivity contribution is 7.20. The normalized spacial score (nSPS) is 12.0. The van der Waals surface area contributed by atoms with E-state index in [-0.39, 0.29) is 0 Å². The third-order valence-electron chi connectivity index (χ3n) is 3.52. The number of thiophene rings is 1. The van der Waals surface area contributed by atoms with Crippen LogP contribution in [0.1, 0.15) is 10.4 Å². The number of hydrogen-bond donors (Lipinski definition) is 1. The molecular weight excluding hydrogens is 369 g/mol. The molecule has 0 atom stereocenters. The lowest BCUT2D eigenvalue weighted by atomic mass is 10.1. The van der Waals surface area contributed by atoms with Gasteiger partial charge in [-0.2, -0.15) is 13.2 Å². The highest BCUT2D eigenvalue weighted by Crippen LogP contribution is 2.32. The van der Waals surface area contributed by atoms with Crippen molar-refractivity contribution in [3.8, 4) is 11.3 Å². The van der Waals surface area contributed by atoms with Crippen LogP contribution >= 0.6 is 22.7 Å². The summed E-state index contributed by atoms with van der Waals surface area (Å²) in [4.78, 5) is 6.20. The van der Waals surface area contributed by atoms with Gasteiger partial charge in [0.05, 0.1) is 24.0 Å². The minimum Gasteiger partial charge on any atom is -0.355 e. The standard InChI is InChI=1S/C16H11F3N4S2/c17-16(18,19)11-4-1-3-10(7-11)13-9-23-15(21-13)25-14(22-23)20-8-12-5-2-6-24-12/h1-7,9H,8H2,(H,20,22). The zero-order valence-corrected chi connectivity index (χ0v) is 14.3. The summed E-state index contributed by atoms with van der Waals surface area (Å²) >= 11 is 3.01. The van der Waals surface area contributed by atoms with E-state index >= 15 is 0 Å². The maximum Gasteiger partial charge on any atom is 0.416 e. The Morgan fingerprint density at radius 3 is 2.76 bits per heavy atom. The number of imidazole rings is 1. The number of rotatable bonds is 4. The fourth-order valence-corrected chi connectivity index (χ4v) is 3.76. The molecule has 0 bridgehead atoms. The fourth-order valence-electron chi connectivity index (χ4n) is 2.34. The summed E-state index contributed by atoms with van der Waals surface area (Å²) in [7, 11) is 0. The number of aromatic nitrogens is 3. The molecule has 4 aromatic rings. The highest BCUT2D eigenvalue weighted by atomic mass is 32.1. The van der Waals surface area contributed by atoms with E-state index in [2.05, 4.69) is 15.4 Å². The topological polar surface area (TPSA) is 42.2 Å². The Labute approximate surface area is 148 Å². The molecule has 0 spiro atoms. The Hall–Kier alpha value is -2.39. The molecule has 4 nitrogen and oxygen atoms in total. The molecule has 0 aliphatic carbocycles. The van der Waals surface area contributed by atoms with E-state index in [1.165, 1.54) is 22.3 Å². The molecule has 0 fully saturated rings. The van der Waals surface area contributed by atoms with Crippen LogP contribution in [0.15, 0.2) is 48.0 Å². The van der Waals surface area contributed by atoms with E-state index in [0.29, 0.717) is 27.9 Å². The number of hydrogen-bond acceptors (Lipinski definition) is 5. The summed E-state index contributed by atoms with van der Waals surface area (Å²) in [5.74, 6) is 0. The number of anilines is 1. The molecule has 4 rings (SSSR count). The van der Waals surface area contributed by atoms with Gasteiger partial charge >= 0.3 is 6.18 Å². The van der Waals surface area contributed by atoms with E-state index in [1.54, 1.807) is 28.1 Å². The average Bonchev–Trinajstić information content (AvgIpc) is 3.28. The average molecular weight is 380 g/mol. The molecule has 0 amide bonds. The van der Waals surface area contributed by atoms with E-state index in [1.807, 2.05) is 17.5 Å². The summed E-state index contributed by atoms with van der Waals surface area (Å²) < 4.78 is 40.1. The first kappa shape index (κ1) is 16.1. The molecule has 0 saturated heterocycles. The monoisotopic (exact) mass is 380 g/mol. The van der Waals surface area contributed by atoms with E-state index in [9.17, 15) is 13.2 Å². The largest absolute Gasteiger partial charge is 0.416 e. The summed E-state index contributed by atoms with van der Waals surface area (Å²) in [6, 6.07) is 9.15. The van der Waals surface area contributed by atoms with Crippen molar-refractivity contribution in [2.24, 2.45) is 0 Å². The number of nitrogens with zero attached hydrogens (tertiary/aromatic N) is 3. The second-order valence-corrected chi connectivity index (χ2v) is 7.26. The number of nitrogens with one attached hydrogen (secondary N) is 1. The van der Waals surface area contributed by atoms with Crippen molar-refractivity contribution in [2.45, 2.75) is 12.7 Å². The zero-order chi connectivity index (χ0) is 17.4. The van der Waals surface area contributed by atoms with Gasteiger partial charge < -0.3 is 5.32 Å². The van der Waals surface area contributed by atoms with Crippen LogP contribution in [0.5, 0.6) is 0 Å². The van der Waals surface area contributed by atoms with Crippen LogP contribution in [0.2, 0.25) is 0 Å². The Morgan fingerprint density at radius 1 is 1.16 bits per heavy atom. The number of halogens is 3. The van der Waals surface area contributed by atoms with Gasteiger partial charge in [-0.05, 0) is 23.6 Å². The molecule has 1 aromatic carbocycles. The van der Waals surface area contributed by atoms with Gasteiger partial charge in [0.2, 0.25) is 10.1 Å². The summed E-state index contributed by atoms with van der Waals surface area (Å²) in [6.07, 6.45) is -2.73. The third kappa shape index (κ3) is 3.38. The second-order valence-electron chi connectivity index (χ2n) is 5.27. The predicted molar refractivity (Wildman–Crippen MR) is 92.9 cm³/mol. The fraction of sp³-hybridized carbons (Fsp3) is 0.125. The van der Waals surface area contributed by atoms with Gasteiger partial charge in [0.15, 0.2) is 0 Å². The first-order valence-electron chi connectivity index (χ1n) is 7.29. The lowest BCUT2D eigenvalue weighted by molar-refractivity contribution is -0.137. The minimum atomic E-state index is -4.37. The molecule has 0 aliphatic rings. The van der Waals surface area contributed by atoms with Crippen LogP contribution in [0, 0.1) is 0 Å². The lowest BCUT2D eigenvalue weighted by Gasteiger charge is -2.07. The maximum absolute atomic E-state index is 12.8. The SMILES string of the molecule is FC(F)(F)c1cccc(-c2cn3nc(NCc4cccs4)sc3n2)c1. The van der Waals surface area contributed by atoms with Crippen molar-refractivity contribution >= 4 is 32.8 Å². The molecule has 25 heavy (non-hydrogen) atoms. The van der Waals surface area contributed by atoms with Crippen LogP contribution in [0.4, 0.5) is 18.3 Å². The Morgan fingerprint density at radius 2 is 2.04 bits per heavy atom. The molecule has 0 radical (unpaired) electrons. The zero-order valence-electron chi connectivity index (χ0n) is 12.6. The molecule has 1 N–H and O–H groups in total. The van der Waals surface area contributed by atoms with Gasteiger partial charge in [0.1, 0.15) is 0 Å². The number of fused-ring (bicyclic) bond motifs is 1. The van der Waals surface area contributed by atoms with E-state index < -0.39 is 11.7 Å². The summed E-state index contributed by atoms with van der Waals surface area (Å²) in [5.41, 5.74) is 0.197. The molecule has 0 saturated carbocycles. The van der Waals surface area contributed by atoms with E-state index in [0.717, 1.165) is 12.1 Å². The van der Waals surface area contributed by atoms with Crippen molar-refractivity contribution in [1.82, 2.24) is 14.6 Å². The van der Waals surface area contributed by atoms with Gasteiger partial charge in [-0.25, -0.2) is 9.50 Å². The Balaban J connectivity index is 1.57. The Kier molecular flexibility index (Phi) is 3.97. The Bertz CT molecular complexity index is 971. The molecule has 0 aliphatic heterocycles. The number of benzene rings is 1. The van der Waals surface area contributed by atoms with Crippen LogP contribution in [0.3, 0.4) is 0 Å². The molecule has 3 heterocycles. The molecule has 9 heteroatoms. The van der Waals surface area contributed by atoms with Crippen molar-refractivity contribution in [1.29, 1.82) is 0 Å². The molecule has 128 valence electrons. The van der Waals surface area contributed by atoms with Crippen molar-refractivity contribution in [2.75, 3.05) is 5.32 Å².